The normalized spacial score (nSPS) is 19.3. The first-order valence-electron chi connectivity index (χ1n) is 36.2. The summed E-state index contributed by atoms with van der Waals surface area (Å²) >= 11 is 12.8. The third-order valence-corrected chi connectivity index (χ3v) is 24.1. The van der Waals surface area contributed by atoms with E-state index in [0.717, 1.165) is 93.4 Å². The van der Waals surface area contributed by atoms with Gasteiger partial charge in [-0.1, -0.05) is 112 Å². The van der Waals surface area contributed by atoms with Crippen molar-refractivity contribution in [2.75, 3.05) is 50.0 Å². The highest BCUT2D eigenvalue weighted by molar-refractivity contribution is 7.90. The summed E-state index contributed by atoms with van der Waals surface area (Å²) in [5.74, 6) is 6.46. The first-order chi connectivity index (χ1) is 48.1. The Kier molecular flexibility index (Phi) is 24.3. The number of halogens is 2. The second-order valence-corrected chi connectivity index (χ2v) is 34.6. The zero-order valence-corrected chi connectivity index (χ0v) is 62.4. The second kappa shape index (κ2) is 32.7. The summed E-state index contributed by atoms with van der Waals surface area (Å²) in [6.07, 6.45) is 27.0. The molecule has 6 aromatic rings. The monoisotopic (exact) mass is 1470 g/mol. The van der Waals surface area contributed by atoms with Crippen molar-refractivity contribution in [1.82, 2.24) is 59.2 Å². The highest BCUT2D eigenvalue weighted by Crippen LogP contribution is 2.47. The van der Waals surface area contributed by atoms with Crippen molar-refractivity contribution >= 4 is 72.8 Å². The molecule has 24 nitrogen and oxygen atoms in total. The van der Waals surface area contributed by atoms with Crippen molar-refractivity contribution in [1.29, 1.82) is 0 Å². The van der Waals surface area contributed by atoms with E-state index in [-0.39, 0.29) is 48.7 Å². The lowest BCUT2D eigenvalue weighted by molar-refractivity contribution is 0.0130. The number of amides is 3. The SMILES string of the molecule is CC(C)(C)OC(=O)N1C[C@@H](CCCNc2cccc(S(=O)(=O)NC(=O)c3ccc(-n4ccc(OCCC(C5CCC5)C5CCC5)n4)nc3Cl)n2)CC1(C)C.CC1(C)C[C@H](CCCNc2cccc(S(=O)(=O)NC(=O)c3ccc(-n4ccc(OCCC(C5CCC5)C5CCC5)n4)nc3Cl)n2)CN1. The van der Waals surface area contributed by atoms with Gasteiger partial charge in [-0.05, 0) is 202 Å². The fourth-order valence-corrected chi connectivity index (χ4v) is 17.3. The molecular formula is C73H100Cl2N14O10S2. The molecule has 548 valence electrons. The van der Waals surface area contributed by atoms with E-state index in [9.17, 15) is 31.2 Å². The number of sulfonamides is 2. The molecule has 12 rings (SSSR count). The summed E-state index contributed by atoms with van der Waals surface area (Å²) in [5.41, 5.74) is -0.873. The molecule has 0 unspecified atom stereocenters. The molecule has 0 radical (unpaired) electrons. The average Bonchev–Trinajstić information content (AvgIpc) is 1.79. The Morgan fingerprint density at radius 2 is 1.03 bits per heavy atom. The third-order valence-electron chi connectivity index (χ3n) is 21.1. The number of carbonyl (C=O) groups excluding carboxylic acids is 3. The van der Waals surface area contributed by atoms with Crippen LogP contribution in [0.15, 0.2) is 95.2 Å². The number of aromatic nitrogens is 8. The molecule has 101 heavy (non-hydrogen) atoms. The van der Waals surface area contributed by atoms with Crippen LogP contribution in [0.3, 0.4) is 0 Å². The summed E-state index contributed by atoms with van der Waals surface area (Å²) in [7, 11) is -8.60. The number of hydrogen-bond donors (Lipinski definition) is 5. The number of hydrogen-bond acceptors (Lipinski definition) is 19. The van der Waals surface area contributed by atoms with Gasteiger partial charge < -0.3 is 35.1 Å². The van der Waals surface area contributed by atoms with Crippen molar-refractivity contribution in [2.24, 2.45) is 47.3 Å². The van der Waals surface area contributed by atoms with Crippen LogP contribution in [0.4, 0.5) is 16.4 Å². The summed E-state index contributed by atoms with van der Waals surface area (Å²) in [4.78, 5) is 57.7. The largest absolute Gasteiger partial charge is 0.477 e. The lowest BCUT2D eigenvalue weighted by Crippen LogP contribution is -2.45. The van der Waals surface area contributed by atoms with Crippen LogP contribution in [0.25, 0.3) is 11.6 Å². The summed E-state index contributed by atoms with van der Waals surface area (Å²) in [6, 6.07) is 18.6. The molecule has 0 aromatic carbocycles. The predicted molar refractivity (Wildman–Crippen MR) is 388 cm³/mol. The highest BCUT2D eigenvalue weighted by Gasteiger charge is 2.43. The first kappa shape index (κ1) is 75.0. The lowest BCUT2D eigenvalue weighted by Gasteiger charge is -2.42. The summed E-state index contributed by atoms with van der Waals surface area (Å²) < 4.78 is 77.3. The predicted octanol–water partition coefficient (Wildman–Crippen LogP) is 13.6. The fraction of sp³-hybridized carbons (Fsp3) is 0.603. The number of nitrogens with one attached hydrogen (secondary N) is 5. The van der Waals surface area contributed by atoms with E-state index in [2.05, 4.69) is 83.2 Å². The molecule has 28 heteroatoms. The molecule has 4 saturated carbocycles. The summed E-state index contributed by atoms with van der Waals surface area (Å²) in [6.45, 7) is 18.2. The van der Waals surface area contributed by atoms with Gasteiger partial charge in [-0.3, -0.25) is 9.59 Å². The van der Waals surface area contributed by atoms with Crippen molar-refractivity contribution in [3.8, 4) is 23.4 Å². The maximum Gasteiger partial charge on any atom is 0.410 e. The van der Waals surface area contributed by atoms with E-state index in [1.165, 1.54) is 117 Å². The number of ether oxygens (including phenoxy) is 3. The molecule has 6 fully saturated rings. The Morgan fingerprint density at radius 1 is 0.594 bits per heavy atom. The summed E-state index contributed by atoms with van der Waals surface area (Å²) in [5, 5.41) is 17.9. The first-order valence-corrected chi connectivity index (χ1v) is 39.9. The molecule has 2 atom stereocenters. The molecule has 0 spiro atoms. The molecular weight excluding hydrogens is 1370 g/mol. The van der Waals surface area contributed by atoms with E-state index in [1.807, 2.05) is 25.7 Å². The van der Waals surface area contributed by atoms with Crippen LogP contribution in [-0.2, 0) is 24.8 Å². The molecule has 5 N–H and O–H groups in total. The number of likely N-dealkylation sites (tertiary alicyclic amines) is 1. The zero-order chi connectivity index (χ0) is 71.7. The molecule has 6 aliphatic rings. The molecule has 2 aliphatic heterocycles. The van der Waals surface area contributed by atoms with Crippen molar-refractivity contribution in [3.63, 3.8) is 0 Å². The number of pyridine rings is 4. The zero-order valence-electron chi connectivity index (χ0n) is 59.3. The molecule has 6 aromatic heterocycles. The Bertz CT molecular complexity index is 4050. The van der Waals surface area contributed by atoms with Crippen LogP contribution < -0.4 is 34.9 Å². The van der Waals surface area contributed by atoms with Gasteiger partial charge in [-0.2, -0.15) is 16.8 Å². The highest BCUT2D eigenvalue weighted by atomic mass is 35.5. The number of rotatable bonds is 30. The second-order valence-electron chi connectivity index (χ2n) is 30.6. The van der Waals surface area contributed by atoms with Gasteiger partial charge in [0, 0.05) is 55.2 Å². The number of nitrogens with zero attached hydrogens (tertiary/aromatic N) is 9. The van der Waals surface area contributed by atoms with E-state index >= 15 is 0 Å². The van der Waals surface area contributed by atoms with Crippen molar-refractivity contribution < 1.29 is 45.4 Å². The van der Waals surface area contributed by atoms with Gasteiger partial charge in [0.2, 0.25) is 11.8 Å². The third kappa shape index (κ3) is 20.0. The van der Waals surface area contributed by atoms with Crippen LogP contribution in [-0.4, -0.2) is 135 Å². The van der Waals surface area contributed by atoms with Crippen LogP contribution in [0.1, 0.15) is 198 Å². The van der Waals surface area contributed by atoms with E-state index < -0.39 is 37.5 Å². The molecule has 2 saturated heterocycles. The molecule has 3 amide bonds. The van der Waals surface area contributed by atoms with Crippen LogP contribution in [0.5, 0.6) is 11.8 Å². The molecule has 0 bridgehead atoms. The van der Waals surface area contributed by atoms with Gasteiger partial charge in [-0.25, -0.2) is 43.5 Å². The van der Waals surface area contributed by atoms with Crippen LogP contribution >= 0.6 is 23.2 Å². The Morgan fingerprint density at radius 3 is 1.42 bits per heavy atom. The minimum atomic E-state index is -4.33. The van der Waals surface area contributed by atoms with Gasteiger partial charge in [0.1, 0.15) is 27.5 Å². The average molecular weight is 1470 g/mol. The maximum atomic E-state index is 13.2. The standard InChI is InChI=1S/C39H54ClN7O6S.C34H46ClN7O4S/c1-38(2,3)53-37(49)46-25-26(24-39(46,4)5)10-9-21-41-31-15-8-16-34(42-31)54(50,51)45-36(48)30-17-18-32(43-35(30)40)47-22-19-33(44-47)52-23-20-29(27-11-6-12-27)28-13-7-14-28;1-34(2)21-23(22-37-34)7-6-18-36-28-12-5-13-31(38-28)47(44,45)41-33(43)27-14-15-29(39-32(27)35)42-19-16-30(40-42)46-20-17-26(24-8-3-9-24)25-10-4-11-25/h8,15-19,22,26-29H,6-7,9-14,20-21,23-25H2,1-5H3,(H,41,42)(H,45,48);5,12-16,19,23-26,37H,3-4,6-11,17-18,20-22H2,1-2H3,(H,36,38)(H,41,43)/t26-;23-/m00/s1. The van der Waals surface area contributed by atoms with Gasteiger partial charge in [-0.15, -0.1) is 10.2 Å². The Labute approximate surface area is 604 Å². The van der Waals surface area contributed by atoms with E-state index in [0.29, 0.717) is 79.7 Å². The lowest BCUT2D eigenvalue weighted by atomic mass is 9.63. The molecule has 4 aliphatic carbocycles. The quantitative estimate of drug-likeness (QED) is 0.0207. The number of carbonyl (C=O) groups is 3. The Balaban J connectivity index is 0.000000205. The van der Waals surface area contributed by atoms with Gasteiger partial charge >= 0.3 is 6.09 Å². The van der Waals surface area contributed by atoms with Gasteiger partial charge in [0.05, 0.1) is 24.3 Å². The number of anilines is 2. The van der Waals surface area contributed by atoms with Gasteiger partial charge in [0.25, 0.3) is 31.9 Å². The van der Waals surface area contributed by atoms with Crippen molar-refractivity contribution in [2.45, 2.75) is 204 Å². The van der Waals surface area contributed by atoms with Crippen LogP contribution in [0, 0.1) is 47.3 Å². The minimum absolute atomic E-state index is 0.0838. The maximum absolute atomic E-state index is 13.2. The van der Waals surface area contributed by atoms with E-state index in [1.54, 1.807) is 54.9 Å². The topological polar surface area (TPSA) is 298 Å². The fourth-order valence-electron chi connectivity index (χ4n) is 15.0. The smallest absolute Gasteiger partial charge is 0.410 e. The van der Waals surface area contributed by atoms with Crippen molar-refractivity contribution in [3.05, 3.63) is 107 Å². The molecule has 8 heterocycles. The Hall–Kier alpha value is -7.13. The minimum Gasteiger partial charge on any atom is -0.477 e. The van der Waals surface area contributed by atoms with Crippen LogP contribution in [0.2, 0.25) is 10.3 Å². The van der Waals surface area contributed by atoms with E-state index in [4.69, 9.17) is 37.4 Å². The van der Waals surface area contributed by atoms with Gasteiger partial charge in [0.15, 0.2) is 21.7 Å².